The van der Waals surface area contributed by atoms with Crippen LogP contribution in [0.2, 0.25) is 0 Å². The van der Waals surface area contributed by atoms with Crippen molar-refractivity contribution >= 4 is 11.2 Å². The molecule has 0 radical (unpaired) electrons. The Morgan fingerprint density at radius 3 is 2.33 bits per heavy atom. The van der Waals surface area contributed by atoms with Crippen molar-refractivity contribution in [2.45, 2.75) is 0 Å². The molecule has 2 N–H and O–H groups in total. The molecule has 1 atom stereocenters. The normalized spacial score (nSPS) is 14.5. The standard InChI is InChI=1S/C3H9NOS/c1-6(5)3-2-4/h2-4H2,1H3/t6-/m1/s1. The molecule has 0 aromatic heterocycles. The summed E-state index contributed by atoms with van der Waals surface area (Å²) < 4.78 is 10.1. The van der Waals surface area contributed by atoms with Gasteiger partial charge < -0.3 is 10.3 Å². The zero-order valence-electron chi connectivity index (χ0n) is 3.81. The van der Waals surface area contributed by atoms with Gasteiger partial charge in [0.25, 0.3) is 0 Å². The molecule has 0 aliphatic heterocycles. The van der Waals surface area contributed by atoms with E-state index in [4.69, 9.17) is 5.73 Å². The van der Waals surface area contributed by atoms with Crippen LogP contribution >= 0.6 is 0 Å². The van der Waals surface area contributed by atoms with Gasteiger partial charge in [-0.2, -0.15) is 0 Å². The lowest BCUT2D eigenvalue weighted by Crippen LogP contribution is -2.13. The fraction of sp³-hybridized carbons (Fsp3) is 1.00. The molecule has 0 aliphatic rings. The highest BCUT2D eigenvalue weighted by molar-refractivity contribution is 7.90. The van der Waals surface area contributed by atoms with Crippen LogP contribution in [0.15, 0.2) is 0 Å². The highest BCUT2D eigenvalue weighted by atomic mass is 32.2. The maximum Gasteiger partial charge on any atom is 0.117 e. The monoisotopic (exact) mass is 107 g/mol. The van der Waals surface area contributed by atoms with Gasteiger partial charge >= 0.3 is 0 Å². The van der Waals surface area contributed by atoms with Crippen LogP contribution in [0.25, 0.3) is 0 Å². The smallest absolute Gasteiger partial charge is 0.117 e. The summed E-state index contributed by atoms with van der Waals surface area (Å²) >= 11 is -0.691. The van der Waals surface area contributed by atoms with Crippen LogP contribution in [-0.2, 0) is 11.2 Å². The van der Waals surface area contributed by atoms with Gasteiger partial charge in [-0.3, -0.25) is 0 Å². The van der Waals surface area contributed by atoms with Gasteiger partial charge in [-0.1, -0.05) is 11.2 Å². The Balaban J connectivity index is 2.63. The summed E-state index contributed by atoms with van der Waals surface area (Å²) in [5, 5.41) is 0. The lowest BCUT2D eigenvalue weighted by atomic mass is 10.8. The molecule has 0 heterocycles. The highest BCUT2D eigenvalue weighted by Crippen LogP contribution is 1.75. The number of rotatable bonds is 2. The molecule has 2 nitrogen and oxygen atoms in total. The van der Waals surface area contributed by atoms with Gasteiger partial charge in [-0.05, 0) is 0 Å². The van der Waals surface area contributed by atoms with E-state index in [1.54, 1.807) is 6.26 Å². The topological polar surface area (TPSA) is 49.1 Å². The van der Waals surface area contributed by atoms with Crippen molar-refractivity contribution in [3.63, 3.8) is 0 Å². The highest BCUT2D eigenvalue weighted by Gasteiger charge is 1.88. The third kappa shape index (κ3) is 4.27. The van der Waals surface area contributed by atoms with Gasteiger partial charge in [-0.25, -0.2) is 0 Å². The largest absolute Gasteiger partial charge is 0.617 e. The predicted molar refractivity (Wildman–Crippen MR) is 28.0 cm³/mol. The van der Waals surface area contributed by atoms with Crippen LogP contribution in [-0.4, -0.2) is 23.1 Å². The van der Waals surface area contributed by atoms with Gasteiger partial charge in [0.1, 0.15) is 5.75 Å². The minimum atomic E-state index is -0.691. The van der Waals surface area contributed by atoms with Gasteiger partial charge in [0.15, 0.2) is 0 Å². The lowest BCUT2D eigenvalue weighted by Gasteiger charge is -1.98. The van der Waals surface area contributed by atoms with Crippen molar-refractivity contribution in [2.75, 3.05) is 18.6 Å². The van der Waals surface area contributed by atoms with E-state index >= 15 is 0 Å². The molecule has 0 amide bonds. The maximum absolute atomic E-state index is 10.1. The first-order chi connectivity index (χ1) is 2.77. The van der Waals surface area contributed by atoms with Gasteiger partial charge in [0.2, 0.25) is 0 Å². The molecule has 0 spiro atoms. The maximum atomic E-state index is 10.1. The van der Waals surface area contributed by atoms with Crippen molar-refractivity contribution in [3.05, 3.63) is 0 Å². The number of hydrogen-bond acceptors (Lipinski definition) is 2. The predicted octanol–water partition coefficient (Wildman–Crippen LogP) is -0.676. The summed E-state index contributed by atoms with van der Waals surface area (Å²) in [6, 6.07) is 0. The molecular weight excluding hydrogens is 98.1 g/mol. The molecule has 0 aromatic carbocycles. The Morgan fingerprint density at radius 2 is 2.33 bits per heavy atom. The van der Waals surface area contributed by atoms with E-state index in [9.17, 15) is 4.55 Å². The first kappa shape index (κ1) is 6.27. The van der Waals surface area contributed by atoms with Crippen LogP contribution < -0.4 is 5.73 Å². The van der Waals surface area contributed by atoms with E-state index in [2.05, 4.69) is 0 Å². The van der Waals surface area contributed by atoms with Crippen LogP contribution in [0.4, 0.5) is 0 Å². The van der Waals surface area contributed by atoms with Crippen LogP contribution in [0.3, 0.4) is 0 Å². The summed E-state index contributed by atoms with van der Waals surface area (Å²) in [4.78, 5) is 0. The fourth-order valence-corrected chi connectivity index (χ4v) is 0.498. The molecular formula is C3H9NOS. The summed E-state index contributed by atoms with van der Waals surface area (Å²) in [5.74, 6) is 0.625. The average molecular weight is 107 g/mol. The van der Waals surface area contributed by atoms with E-state index in [-0.39, 0.29) is 0 Å². The van der Waals surface area contributed by atoms with E-state index < -0.39 is 11.2 Å². The minimum absolute atomic E-state index is 0.531. The van der Waals surface area contributed by atoms with Gasteiger partial charge in [0.05, 0.1) is 6.26 Å². The van der Waals surface area contributed by atoms with Crippen molar-refractivity contribution in [2.24, 2.45) is 5.73 Å². The molecule has 38 valence electrons. The molecule has 0 unspecified atom stereocenters. The molecule has 0 aliphatic carbocycles. The number of nitrogens with two attached hydrogens (primary N) is 1. The number of hydrogen-bond donors (Lipinski definition) is 1. The molecule has 6 heavy (non-hydrogen) atoms. The van der Waals surface area contributed by atoms with E-state index in [0.29, 0.717) is 12.3 Å². The van der Waals surface area contributed by atoms with Gasteiger partial charge in [0, 0.05) is 6.54 Å². The first-order valence-corrected chi connectivity index (χ1v) is 3.50. The van der Waals surface area contributed by atoms with E-state index in [0.717, 1.165) is 0 Å². The van der Waals surface area contributed by atoms with Crippen molar-refractivity contribution in [1.29, 1.82) is 0 Å². The first-order valence-electron chi connectivity index (χ1n) is 1.77. The van der Waals surface area contributed by atoms with Crippen LogP contribution in [0.5, 0.6) is 0 Å². The second kappa shape index (κ2) is 3.46. The fourth-order valence-electron chi connectivity index (χ4n) is 0.166. The third-order valence-electron chi connectivity index (χ3n) is 0.405. The Hall–Kier alpha value is 0.270. The van der Waals surface area contributed by atoms with Gasteiger partial charge in [-0.15, -0.1) is 0 Å². The Bertz CT molecular complexity index is 32.0. The second-order valence-electron chi connectivity index (χ2n) is 1.07. The molecule has 3 heteroatoms. The van der Waals surface area contributed by atoms with E-state index in [1.807, 2.05) is 0 Å². The second-order valence-corrected chi connectivity index (χ2v) is 2.62. The Kier molecular flexibility index (Phi) is 3.62. The molecule has 0 bridgehead atoms. The average Bonchev–Trinajstić information content (AvgIpc) is 1.35. The van der Waals surface area contributed by atoms with Crippen molar-refractivity contribution in [1.82, 2.24) is 0 Å². The molecule has 0 saturated carbocycles. The van der Waals surface area contributed by atoms with Crippen LogP contribution in [0.1, 0.15) is 0 Å². The Morgan fingerprint density at radius 1 is 1.83 bits per heavy atom. The zero-order chi connectivity index (χ0) is 4.99. The molecule has 0 fully saturated rings. The van der Waals surface area contributed by atoms with E-state index in [1.165, 1.54) is 0 Å². The SMILES string of the molecule is C[S@@+]([O-])CCN. The zero-order valence-corrected chi connectivity index (χ0v) is 4.62. The van der Waals surface area contributed by atoms with Crippen molar-refractivity contribution < 1.29 is 4.55 Å². The molecule has 0 aromatic rings. The molecule has 0 saturated heterocycles. The Labute approximate surface area is 40.9 Å². The van der Waals surface area contributed by atoms with Crippen molar-refractivity contribution in [3.8, 4) is 0 Å². The quantitative estimate of drug-likeness (QED) is 0.475. The van der Waals surface area contributed by atoms with Crippen LogP contribution in [0, 0.1) is 0 Å². The summed E-state index contributed by atoms with van der Waals surface area (Å²) in [6.07, 6.45) is 1.65. The summed E-state index contributed by atoms with van der Waals surface area (Å²) in [7, 11) is 0. The lowest BCUT2D eigenvalue weighted by molar-refractivity contribution is 0.600. The summed E-state index contributed by atoms with van der Waals surface area (Å²) in [6.45, 7) is 0.531. The summed E-state index contributed by atoms with van der Waals surface area (Å²) in [5.41, 5.74) is 5.04. The minimum Gasteiger partial charge on any atom is -0.617 e. The molecule has 0 rings (SSSR count). The third-order valence-corrected chi connectivity index (χ3v) is 1.22.